The van der Waals surface area contributed by atoms with Crippen molar-refractivity contribution in [2.45, 2.75) is 71.1 Å². The topological polar surface area (TPSA) is 66.4 Å². The van der Waals surface area contributed by atoms with E-state index in [1.807, 2.05) is 0 Å². The minimum atomic E-state index is -1.81. The molecule has 0 rings (SSSR count). The Morgan fingerprint density at radius 1 is 1.00 bits per heavy atom. The third-order valence-corrected chi connectivity index (χ3v) is 3.66. The molecule has 0 bridgehead atoms. The maximum absolute atomic E-state index is 11.3. The normalized spacial score (nSPS) is 11.7. The SMILES string of the molecule is CCCCCCCCCCCC(=O)NCCS(=O)O.[Na]. The predicted molar refractivity (Wildman–Crippen MR) is 86.2 cm³/mol. The summed E-state index contributed by atoms with van der Waals surface area (Å²) in [6, 6.07) is 0. The van der Waals surface area contributed by atoms with Gasteiger partial charge in [0.1, 0.15) is 0 Å². The molecule has 0 saturated carbocycles. The van der Waals surface area contributed by atoms with Crippen LogP contribution in [0.2, 0.25) is 0 Å². The van der Waals surface area contributed by atoms with Crippen LogP contribution in [0.3, 0.4) is 0 Å². The first-order valence-corrected chi connectivity index (χ1v) is 8.78. The van der Waals surface area contributed by atoms with Gasteiger partial charge in [0, 0.05) is 42.5 Å². The van der Waals surface area contributed by atoms with E-state index in [0.29, 0.717) is 13.0 Å². The number of nitrogens with one attached hydrogen (secondary N) is 1. The third-order valence-electron chi connectivity index (χ3n) is 3.11. The van der Waals surface area contributed by atoms with Gasteiger partial charge in [-0.3, -0.25) is 4.79 Å². The Labute approximate surface area is 148 Å². The monoisotopic (exact) mass is 314 g/mol. The van der Waals surface area contributed by atoms with Crippen molar-refractivity contribution >= 4 is 46.5 Å². The molecule has 0 fully saturated rings. The molecule has 0 aliphatic heterocycles. The van der Waals surface area contributed by atoms with Crippen LogP contribution in [-0.4, -0.2) is 56.5 Å². The number of amides is 1. The fraction of sp³-hybridized carbons (Fsp3) is 0.929. The van der Waals surface area contributed by atoms with Gasteiger partial charge in [-0.05, 0) is 6.42 Å². The Morgan fingerprint density at radius 2 is 1.50 bits per heavy atom. The molecule has 0 aliphatic rings. The van der Waals surface area contributed by atoms with Crippen LogP contribution in [0.15, 0.2) is 0 Å². The molecule has 0 saturated heterocycles. The fourth-order valence-electron chi connectivity index (χ4n) is 1.96. The third kappa shape index (κ3) is 18.6. The zero-order valence-corrected chi connectivity index (χ0v) is 16.0. The van der Waals surface area contributed by atoms with Crippen LogP contribution in [0, 0.1) is 0 Å². The van der Waals surface area contributed by atoms with Crippen molar-refractivity contribution in [3.8, 4) is 0 Å². The Morgan fingerprint density at radius 3 is 2.00 bits per heavy atom. The first-order chi connectivity index (χ1) is 9.16. The average molecular weight is 314 g/mol. The molecule has 0 aliphatic carbocycles. The van der Waals surface area contributed by atoms with Crippen LogP contribution in [0.5, 0.6) is 0 Å². The molecule has 0 aromatic carbocycles. The van der Waals surface area contributed by atoms with Crippen LogP contribution >= 0.6 is 0 Å². The molecule has 1 atom stereocenters. The molecule has 0 heterocycles. The molecule has 0 aromatic heterocycles. The Hall–Kier alpha value is 0.580. The number of rotatable bonds is 13. The Balaban J connectivity index is 0. The van der Waals surface area contributed by atoms with E-state index >= 15 is 0 Å². The van der Waals surface area contributed by atoms with Crippen molar-refractivity contribution in [3.63, 3.8) is 0 Å². The van der Waals surface area contributed by atoms with Crippen molar-refractivity contribution in [1.29, 1.82) is 0 Å². The van der Waals surface area contributed by atoms with E-state index in [-0.39, 0.29) is 41.2 Å². The molecule has 1 amide bonds. The molecule has 6 heteroatoms. The second-order valence-electron chi connectivity index (χ2n) is 4.95. The largest absolute Gasteiger partial charge is 0.355 e. The van der Waals surface area contributed by atoms with Crippen molar-refractivity contribution in [1.82, 2.24) is 5.32 Å². The van der Waals surface area contributed by atoms with Crippen molar-refractivity contribution in [2.24, 2.45) is 0 Å². The number of hydrogen-bond donors (Lipinski definition) is 2. The standard InChI is InChI=1S/C14H29NO3S.Na/c1-2-3-4-5-6-7-8-9-10-11-14(16)15-12-13-19(17)18;/h2-13H2,1H3,(H,15,16)(H,17,18);. The predicted octanol–water partition coefficient (Wildman–Crippen LogP) is 2.86. The second-order valence-corrected chi connectivity index (χ2v) is 6.01. The number of carbonyl (C=O) groups excluding carboxylic acids is 1. The maximum atomic E-state index is 11.3. The molecule has 2 N–H and O–H groups in total. The van der Waals surface area contributed by atoms with Crippen molar-refractivity contribution in [3.05, 3.63) is 0 Å². The minimum Gasteiger partial charge on any atom is -0.355 e. The minimum absolute atomic E-state index is 0. The van der Waals surface area contributed by atoms with Gasteiger partial charge in [-0.15, -0.1) is 0 Å². The van der Waals surface area contributed by atoms with Crippen LogP contribution in [0.1, 0.15) is 71.1 Å². The summed E-state index contributed by atoms with van der Waals surface area (Å²) in [5.74, 6) is 0.108. The first kappa shape index (κ1) is 22.9. The van der Waals surface area contributed by atoms with E-state index in [2.05, 4.69) is 12.2 Å². The molecule has 20 heavy (non-hydrogen) atoms. The van der Waals surface area contributed by atoms with Crippen LogP contribution in [0.25, 0.3) is 0 Å². The molecular formula is C14H29NNaO3S. The van der Waals surface area contributed by atoms with Gasteiger partial charge in [0.05, 0.1) is 5.75 Å². The summed E-state index contributed by atoms with van der Waals surface area (Å²) >= 11 is -1.81. The van der Waals surface area contributed by atoms with Crippen LogP contribution in [0.4, 0.5) is 0 Å². The molecule has 0 aromatic rings. The number of hydrogen-bond acceptors (Lipinski definition) is 2. The molecule has 0 spiro atoms. The quantitative estimate of drug-likeness (QED) is 0.312. The summed E-state index contributed by atoms with van der Waals surface area (Å²) in [6.07, 6.45) is 11.7. The summed E-state index contributed by atoms with van der Waals surface area (Å²) < 4.78 is 18.9. The van der Waals surface area contributed by atoms with E-state index in [0.717, 1.165) is 12.8 Å². The van der Waals surface area contributed by atoms with Crippen molar-refractivity contribution in [2.75, 3.05) is 12.3 Å². The van der Waals surface area contributed by atoms with Gasteiger partial charge in [0.25, 0.3) is 0 Å². The van der Waals surface area contributed by atoms with E-state index in [1.165, 1.54) is 44.9 Å². The Bertz CT molecular complexity index is 253. The number of unbranched alkanes of at least 4 members (excludes halogenated alkanes) is 8. The number of carbonyl (C=O) groups is 1. The zero-order chi connectivity index (χ0) is 14.3. The van der Waals surface area contributed by atoms with Gasteiger partial charge in [-0.2, -0.15) is 0 Å². The summed E-state index contributed by atoms with van der Waals surface area (Å²) in [4.78, 5) is 11.3. The zero-order valence-electron chi connectivity index (χ0n) is 13.2. The van der Waals surface area contributed by atoms with Gasteiger partial charge >= 0.3 is 0 Å². The van der Waals surface area contributed by atoms with Gasteiger partial charge in [-0.25, -0.2) is 4.21 Å². The maximum Gasteiger partial charge on any atom is 0.220 e. The fourth-order valence-corrected chi connectivity index (χ4v) is 2.24. The summed E-state index contributed by atoms with van der Waals surface area (Å²) in [5.41, 5.74) is 0. The smallest absolute Gasteiger partial charge is 0.220 e. The molecule has 4 nitrogen and oxygen atoms in total. The van der Waals surface area contributed by atoms with E-state index in [9.17, 15) is 9.00 Å². The first-order valence-electron chi connectivity index (χ1n) is 7.51. The van der Waals surface area contributed by atoms with Gasteiger partial charge in [0.15, 0.2) is 11.1 Å². The summed E-state index contributed by atoms with van der Waals surface area (Å²) in [7, 11) is 0. The summed E-state index contributed by atoms with van der Waals surface area (Å²) in [6.45, 7) is 2.52. The second kappa shape index (κ2) is 17.6. The Kier molecular flexibility index (Phi) is 20.1. The van der Waals surface area contributed by atoms with E-state index in [1.54, 1.807) is 0 Å². The van der Waals surface area contributed by atoms with Gasteiger partial charge < -0.3 is 9.87 Å². The van der Waals surface area contributed by atoms with Crippen LogP contribution < -0.4 is 5.32 Å². The molecule has 115 valence electrons. The van der Waals surface area contributed by atoms with E-state index < -0.39 is 11.1 Å². The van der Waals surface area contributed by atoms with Crippen molar-refractivity contribution < 1.29 is 13.6 Å². The van der Waals surface area contributed by atoms with E-state index in [4.69, 9.17) is 4.55 Å². The molecule has 1 radical (unpaired) electrons. The molecule has 1 unspecified atom stereocenters. The summed E-state index contributed by atoms with van der Waals surface area (Å²) in [5, 5.41) is 2.65. The van der Waals surface area contributed by atoms with Gasteiger partial charge in [0.2, 0.25) is 5.91 Å². The molecular weight excluding hydrogens is 285 g/mol. The van der Waals surface area contributed by atoms with Crippen LogP contribution in [-0.2, 0) is 15.9 Å². The van der Waals surface area contributed by atoms with Gasteiger partial charge in [-0.1, -0.05) is 58.3 Å². The average Bonchev–Trinajstić information content (AvgIpc) is 2.36.